The monoisotopic (exact) mass is 451 g/mol. The molecule has 1 N–H and O–H groups in total. The molecule has 3 heterocycles. The van der Waals surface area contributed by atoms with E-state index in [2.05, 4.69) is 9.40 Å². The van der Waals surface area contributed by atoms with Crippen LogP contribution in [0.1, 0.15) is 35.7 Å². The number of hydrogen-bond acceptors (Lipinski definition) is 4. The van der Waals surface area contributed by atoms with Crippen molar-refractivity contribution in [1.29, 1.82) is 0 Å². The standard InChI is InChI=1S/C14H18N4O2S.CH4.CH3.Cd/c1-10-13(8-12(14(19)20)16(10)2)21-17-6-3-7-18-11(9-17)4-5-15-18;;;/h4-5,8H,3,6-7,9H2,1-2H3,(H,19,20);1H4;1H3;/q;;-1;. The molecule has 1 aliphatic rings. The van der Waals surface area contributed by atoms with Crippen molar-refractivity contribution in [2.75, 3.05) is 6.54 Å². The Morgan fingerprint density at radius 2 is 2.08 bits per heavy atom. The summed E-state index contributed by atoms with van der Waals surface area (Å²) >= 11 is 1.63. The number of aromatic carboxylic acids is 1. The molecule has 0 aromatic carbocycles. The quantitative estimate of drug-likeness (QED) is 0.443. The van der Waals surface area contributed by atoms with Crippen LogP contribution in [0.15, 0.2) is 23.2 Å². The third-order valence-electron chi connectivity index (χ3n) is 3.86. The maximum Gasteiger partial charge on any atom is 0.352 e. The number of carboxylic acid groups (broad SMARTS) is 1. The molecule has 3 rings (SSSR count). The van der Waals surface area contributed by atoms with E-state index in [4.69, 9.17) is 0 Å². The molecule has 2 aromatic rings. The van der Waals surface area contributed by atoms with Crippen molar-refractivity contribution in [3.8, 4) is 0 Å². The van der Waals surface area contributed by atoms with Gasteiger partial charge in [-0.05, 0) is 37.4 Å². The number of nitrogens with zero attached hydrogens (tertiary/aromatic N) is 4. The van der Waals surface area contributed by atoms with Gasteiger partial charge in [-0.25, -0.2) is 9.10 Å². The van der Waals surface area contributed by atoms with Gasteiger partial charge in [0.05, 0.1) is 12.2 Å². The molecule has 0 aliphatic carbocycles. The molecule has 0 amide bonds. The largest absolute Gasteiger partial charge is 0.477 e. The summed E-state index contributed by atoms with van der Waals surface area (Å²) in [6.45, 7) is 4.68. The SMILES string of the molecule is C.Cc1c(SN2CCCn3nccc3C2)cc(C(=O)O)n1C.[CH3-].[Cd]. The van der Waals surface area contributed by atoms with E-state index >= 15 is 0 Å². The third kappa shape index (κ3) is 4.63. The summed E-state index contributed by atoms with van der Waals surface area (Å²) in [5, 5.41) is 13.5. The maximum atomic E-state index is 11.2. The first-order valence-corrected chi connectivity index (χ1v) is 7.67. The molecular formula is C16H25CdN4O2S-. The van der Waals surface area contributed by atoms with Gasteiger partial charge < -0.3 is 17.1 Å². The molecule has 0 saturated heterocycles. The number of fused-ring (bicyclic) bond motifs is 1. The number of hydrogen-bond donors (Lipinski definition) is 1. The summed E-state index contributed by atoms with van der Waals surface area (Å²) in [7, 11) is 1.79. The van der Waals surface area contributed by atoms with Crippen LogP contribution >= 0.6 is 11.9 Å². The summed E-state index contributed by atoms with van der Waals surface area (Å²) in [5.41, 5.74) is 2.51. The number of rotatable bonds is 3. The fourth-order valence-corrected chi connectivity index (χ4v) is 3.67. The molecule has 24 heavy (non-hydrogen) atoms. The van der Waals surface area contributed by atoms with Crippen molar-refractivity contribution < 1.29 is 37.2 Å². The summed E-state index contributed by atoms with van der Waals surface area (Å²) in [6.07, 6.45) is 2.87. The molecule has 8 heteroatoms. The van der Waals surface area contributed by atoms with Crippen LogP contribution in [0.3, 0.4) is 0 Å². The predicted molar refractivity (Wildman–Crippen MR) is 93.4 cm³/mol. The third-order valence-corrected chi connectivity index (χ3v) is 5.04. The topological polar surface area (TPSA) is 63.3 Å². The average molecular weight is 450 g/mol. The van der Waals surface area contributed by atoms with Gasteiger partial charge in [-0.1, -0.05) is 7.43 Å². The molecule has 0 unspecified atom stereocenters. The minimum Gasteiger partial charge on any atom is -0.477 e. The van der Waals surface area contributed by atoms with Gasteiger partial charge in [-0.15, -0.1) is 0 Å². The van der Waals surface area contributed by atoms with Crippen LogP contribution in [0, 0.1) is 14.4 Å². The van der Waals surface area contributed by atoms with E-state index in [1.54, 1.807) is 29.6 Å². The van der Waals surface area contributed by atoms with Gasteiger partial charge >= 0.3 is 5.97 Å². The normalized spacial score (nSPS) is 13.8. The Balaban J connectivity index is 0.00000176. The minimum atomic E-state index is -0.888. The molecule has 0 saturated carbocycles. The summed E-state index contributed by atoms with van der Waals surface area (Å²) in [5.74, 6) is -0.888. The fourth-order valence-electron chi connectivity index (χ4n) is 2.54. The second kappa shape index (κ2) is 9.62. The fraction of sp³-hybridized carbons (Fsp3) is 0.438. The van der Waals surface area contributed by atoms with Gasteiger partial charge in [0, 0.05) is 64.2 Å². The van der Waals surface area contributed by atoms with Crippen molar-refractivity contribution >= 4 is 17.9 Å². The second-order valence-electron chi connectivity index (χ2n) is 5.20. The minimum absolute atomic E-state index is 0. The van der Waals surface area contributed by atoms with Crippen LogP contribution in [0.25, 0.3) is 0 Å². The molecule has 6 nitrogen and oxygen atoms in total. The molecular weight excluding hydrogens is 425 g/mol. The average Bonchev–Trinajstić information content (AvgIpc) is 2.92. The van der Waals surface area contributed by atoms with E-state index in [1.807, 2.05) is 23.9 Å². The Bertz CT molecular complexity index is 684. The van der Waals surface area contributed by atoms with Crippen LogP contribution in [0.2, 0.25) is 0 Å². The van der Waals surface area contributed by atoms with Gasteiger partial charge in [0.15, 0.2) is 0 Å². The van der Waals surface area contributed by atoms with Gasteiger partial charge in [0.25, 0.3) is 0 Å². The zero-order valence-electron chi connectivity index (χ0n) is 13.8. The number of aryl methyl sites for hydroxylation is 1. The van der Waals surface area contributed by atoms with Crippen LogP contribution in [0.4, 0.5) is 0 Å². The van der Waals surface area contributed by atoms with Crippen molar-refractivity contribution in [2.24, 2.45) is 7.05 Å². The molecule has 0 atom stereocenters. The smallest absolute Gasteiger partial charge is 0.352 e. The Hall–Kier alpha value is -0.808. The Kier molecular flexibility index (Phi) is 9.29. The van der Waals surface area contributed by atoms with Crippen LogP contribution in [0.5, 0.6) is 0 Å². The van der Waals surface area contributed by atoms with E-state index in [0.29, 0.717) is 5.69 Å². The summed E-state index contributed by atoms with van der Waals surface area (Å²) in [4.78, 5) is 12.2. The van der Waals surface area contributed by atoms with E-state index < -0.39 is 5.97 Å². The number of carbonyl (C=O) groups is 1. The summed E-state index contributed by atoms with van der Waals surface area (Å²) in [6, 6.07) is 3.80. The van der Waals surface area contributed by atoms with Crippen molar-refractivity contribution in [2.45, 2.75) is 38.8 Å². The van der Waals surface area contributed by atoms with E-state index in [1.165, 1.54) is 5.69 Å². The number of carboxylic acids is 1. The van der Waals surface area contributed by atoms with Gasteiger partial charge in [-0.3, -0.25) is 4.68 Å². The number of aromatic nitrogens is 3. The maximum absolute atomic E-state index is 11.2. The van der Waals surface area contributed by atoms with Gasteiger partial charge in [0.1, 0.15) is 5.69 Å². The Morgan fingerprint density at radius 3 is 2.71 bits per heavy atom. The van der Waals surface area contributed by atoms with Crippen molar-refractivity contribution in [1.82, 2.24) is 18.7 Å². The first kappa shape index (κ1) is 23.2. The van der Waals surface area contributed by atoms with Crippen molar-refractivity contribution in [3.05, 3.63) is 42.8 Å². The van der Waals surface area contributed by atoms with Crippen LogP contribution in [-0.4, -0.2) is 36.3 Å². The zero-order chi connectivity index (χ0) is 15.0. The van der Waals surface area contributed by atoms with E-state index in [9.17, 15) is 9.90 Å². The Morgan fingerprint density at radius 1 is 1.38 bits per heavy atom. The zero-order valence-corrected chi connectivity index (χ0v) is 18.7. The molecule has 0 fully saturated rings. The molecule has 0 spiro atoms. The van der Waals surface area contributed by atoms with Crippen LogP contribution < -0.4 is 0 Å². The molecule has 2 aromatic heterocycles. The summed E-state index contributed by atoms with van der Waals surface area (Å²) < 4.78 is 6.04. The first-order valence-electron chi connectivity index (χ1n) is 6.89. The Labute approximate surface area is 168 Å². The van der Waals surface area contributed by atoms with E-state index in [0.717, 1.165) is 36.6 Å². The molecule has 0 radical (unpaired) electrons. The van der Waals surface area contributed by atoms with Crippen LogP contribution in [-0.2, 0) is 47.4 Å². The van der Waals surface area contributed by atoms with Gasteiger partial charge in [-0.2, -0.15) is 5.10 Å². The molecule has 1 aliphatic heterocycles. The molecule has 0 bridgehead atoms. The first-order chi connectivity index (χ1) is 10.1. The predicted octanol–water partition coefficient (Wildman–Crippen LogP) is 3.23. The second-order valence-corrected chi connectivity index (χ2v) is 6.34. The van der Waals surface area contributed by atoms with E-state index in [-0.39, 0.29) is 42.2 Å². The van der Waals surface area contributed by atoms with Crippen molar-refractivity contribution in [3.63, 3.8) is 0 Å². The van der Waals surface area contributed by atoms with Gasteiger partial charge in [0.2, 0.25) is 0 Å². The molecule has 130 valence electrons.